The Kier molecular flexibility index (Phi) is 2.64. The van der Waals surface area contributed by atoms with Crippen LogP contribution in [0.3, 0.4) is 0 Å². The van der Waals surface area contributed by atoms with Gasteiger partial charge in [-0.05, 0) is 18.2 Å². The van der Waals surface area contributed by atoms with Crippen LogP contribution in [0.2, 0.25) is 5.02 Å². The zero-order chi connectivity index (χ0) is 12.5. The molecule has 0 fully saturated rings. The van der Waals surface area contributed by atoms with Gasteiger partial charge in [0.15, 0.2) is 5.65 Å². The predicted octanol–water partition coefficient (Wildman–Crippen LogP) is 3.48. The summed E-state index contributed by atoms with van der Waals surface area (Å²) in [5.41, 5.74) is 1.76. The molecule has 0 atom stereocenters. The average molecular weight is 260 g/mol. The van der Waals surface area contributed by atoms with Crippen molar-refractivity contribution in [2.45, 2.75) is 0 Å². The zero-order valence-corrected chi connectivity index (χ0v) is 9.89. The maximum absolute atomic E-state index is 13.7. The summed E-state index contributed by atoms with van der Waals surface area (Å²) in [7, 11) is 0. The van der Waals surface area contributed by atoms with Gasteiger partial charge < -0.3 is 0 Å². The highest BCUT2D eigenvalue weighted by Gasteiger charge is 2.10. The number of rotatable bonds is 1. The second kappa shape index (κ2) is 4.31. The molecule has 18 heavy (non-hydrogen) atoms. The first-order valence-electron chi connectivity index (χ1n) is 5.28. The largest absolute Gasteiger partial charge is 0.250 e. The van der Waals surface area contributed by atoms with Crippen molar-refractivity contribution in [1.82, 2.24) is 15.0 Å². The van der Waals surface area contributed by atoms with Crippen LogP contribution < -0.4 is 0 Å². The Labute approximate surface area is 107 Å². The van der Waals surface area contributed by atoms with Crippen LogP contribution in [0.4, 0.5) is 4.39 Å². The second-order valence-corrected chi connectivity index (χ2v) is 4.10. The molecular formula is C13H7ClFN3. The van der Waals surface area contributed by atoms with E-state index in [1.54, 1.807) is 30.5 Å². The standard InChI is InChI=1S/C13H7ClFN3/c14-9-7-11(8-3-1-2-4-10(8)15)18-13-12(9)16-5-6-17-13/h1-7H. The maximum Gasteiger partial charge on any atom is 0.180 e. The minimum Gasteiger partial charge on any atom is -0.250 e. The van der Waals surface area contributed by atoms with E-state index in [1.165, 1.54) is 12.3 Å². The van der Waals surface area contributed by atoms with Crippen molar-refractivity contribution >= 4 is 22.8 Å². The fourth-order valence-electron chi connectivity index (χ4n) is 1.72. The summed E-state index contributed by atoms with van der Waals surface area (Å²) >= 11 is 6.10. The number of hydrogen-bond acceptors (Lipinski definition) is 3. The van der Waals surface area contributed by atoms with Gasteiger partial charge >= 0.3 is 0 Å². The highest BCUT2D eigenvalue weighted by atomic mass is 35.5. The third-order valence-electron chi connectivity index (χ3n) is 2.54. The van der Waals surface area contributed by atoms with Crippen molar-refractivity contribution in [3.05, 3.63) is 53.6 Å². The van der Waals surface area contributed by atoms with Gasteiger partial charge in [0.2, 0.25) is 0 Å². The summed E-state index contributed by atoms with van der Waals surface area (Å²) in [5, 5.41) is 0.409. The van der Waals surface area contributed by atoms with Crippen molar-refractivity contribution in [1.29, 1.82) is 0 Å². The van der Waals surface area contributed by atoms with Gasteiger partial charge in [0.25, 0.3) is 0 Å². The number of fused-ring (bicyclic) bond motifs is 1. The van der Waals surface area contributed by atoms with Crippen LogP contribution in [0.15, 0.2) is 42.7 Å². The lowest BCUT2D eigenvalue weighted by molar-refractivity contribution is 0.631. The van der Waals surface area contributed by atoms with Crippen LogP contribution in [-0.2, 0) is 0 Å². The van der Waals surface area contributed by atoms with Gasteiger partial charge in [-0.15, -0.1) is 0 Å². The highest BCUT2D eigenvalue weighted by Crippen LogP contribution is 2.27. The predicted molar refractivity (Wildman–Crippen MR) is 67.7 cm³/mol. The Balaban J connectivity index is 2.28. The maximum atomic E-state index is 13.7. The summed E-state index contributed by atoms with van der Waals surface area (Å²) in [4.78, 5) is 12.4. The van der Waals surface area contributed by atoms with Crippen LogP contribution in [-0.4, -0.2) is 15.0 Å². The van der Waals surface area contributed by atoms with Crippen LogP contribution in [0.5, 0.6) is 0 Å². The molecule has 0 aliphatic carbocycles. The van der Waals surface area contributed by atoms with Crippen LogP contribution >= 0.6 is 11.6 Å². The van der Waals surface area contributed by atoms with Gasteiger partial charge in [-0.2, -0.15) is 0 Å². The number of hydrogen-bond donors (Lipinski definition) is 0. The van der Waals surface area contributed by atoms with Crippen molar-refractivity contribution < 1.29 is 4.39 Å². The van der Waals surface area contributed by atoms with E-state index >= 15 is 0 Å². The molecule has 3 rings (SSSR count). The first kappa shape index (κ1) is 11.0. The minimum absolute atomic E-state index is 0.343. The number of benzene rings is 1. The molecule has 3 aromatic rings. The van der Waals surface area contributed by atoms with E-state index in [1.807, 2.05) is 0 Å². The molecule has 1 aromatic carbocycles. The zero-order valence-electron chi connectivity index (χ0n) is 9.14. The lowest BCUT2D eigenvalue weighted by Gasteiger charge is -2.04. The van der Waals surface area contributed by atoms with E-state index in [0.717, 1.165) is 0 Å². The average Bonchev–Trinajstić information content (AvgIpc) is 2.39. The summed E-state index contributed by atoms with van der Waals surface area (Å²) < 4.78 is 13.7. The van der Waals surface area contributed by atoms with Gasteiger partial charge in [-0.1, -0.05) is 23.7 Å². The first-order chi connectivity index (χ1) is 8.75. The number of pyridine rings is 1. The molecule has 0 bridgehead atoms. The van der Waals surface area contributed by atoms with Crippen molar-refractivity contribution in [3.63, 3.8) is 0 Å². The summed E-state index contributed by atoms with van der Waals surface area (Å²) in [5.74, 6) is -0.343. The molecular weight excluding hydrogens is 253 g/mol. The number of aromatic nitrogens is 3. The SMILES string of the molecule is Fc1ccccc1-c1cc(Cl)c2nccnc2n1. The molecule has 0 unspecified atom stereocenters. The quantitative estimate of drug-likeness (QED) is 0.671. The molecule has 0 aliphatic heterocycles. The fraction of sp³-hybridized carbons (Fsp3) is 0. The van der Waals surface area contributed by atoms with E-state index in [4.69, 9.17) is 11.6 Å². The van der Waals surface area contributed by atoms with E-state index in [-0.39, 0.29) is 5.82 Å². The third kappa shape index (κ3) is 1.80. The van der Waals surface area contributed by atoms with Gasteiger partial charge in [-0.25, -0.2) is 19.3 Å². The van der Waals surface area contributed by atoms with Gasteiger partial charge in [0, 0.05) is 18.0 Å². The van der Waals surface area contributed by atoms with Gasteiger partial charge in [0.05, 0.1) is 10.7 Å². The number of nitrogens with zero attached hydrogens (tertiary/aromatic N) is 3. The summed E-state index contributed by atoms with van der Waals surface area (Å²) in [6.45, 7) is 0. The smallest absolute Gasteiger partial charge is 0.180 e. The summed E-state index contributed by atoms with van der Waals surface area (Å²) in [6, 6.07) is 8.00. The molecule has 0 spiro atoms. The van der Waals surface area contributed by atoms with E-state index in [0.29, 0.717) is 27.4 Å². The van der Waals surface area contributed by atoms with Gasteiger partial charge in [0.1, 0.15) is 11.3 Å². The van der Waals surface area contributed by atoms with E-state index < -0.39 is 0 Å². The third-order valence-corrected chi connectivity index (χ3v) is 2.83. The monoisotopic (exact) mass is 259 g/mol. The van der Waals surface area contributed by atoms with Crippen LogP contribution in [0, 0.1) is 5.82 Å². The van der Waals surface area contributed by atoms with E-state index in [9.17, 15) is 4.39 Å². The van der Waals surface area contributed by atoms with Crippen LogP contribution in [0.25, 0.3) is 22.4 Å². The normalized spacial score (nSPS) is 10.8. The highest BCUT2D eigenvalue weighted by molar-refractivity contribution is 6.35. The molecule has 2 heterocycles. The Morgan fingerprint density at radius 2 is 1.83 bits per heavy atom. The minimum atomic E-state index is -0.343. The molecule has 0 radical (unpaired) electrons. The molecule has 0 amide bonds. The molecule has 5 heteroatoms. The van der Waals surface area contributed by atoms with Crippen molar-refractivity contribution in [2.75, 3.05) is 0 Å². The van der Waals surface area contributed by atoms with Crippen molar-refractivity contribution in [2.24, 2.45) is 0 Å². The van der Waals surface area contributed by atoms with E-state index in [2.05, 4.69) is 15.0 Å². The molecule has 3 nitrogen and oxygen atoms in total. The van der Waals surface area contributed by atoms with Crippen molar-refractivity contribution in [3.8, 4) is 11.3 Å². The molecule has 0 N–H and O–H groups in total. The molecule has 0 saturated heterocycles. The topological polar surface area (TPSA) is 38.7 Å². The fourth-order valence-corrected chi connectivity index (χ4v) is 1.96. The number of halogens is 2. The lowest BCUT2D eigenvalue weighted by Crippen LogP contribution is -1.92. The Hall–Kier alpha value is -2.07. The molecule has 0 aliphatic rings. The first-order valence-corrected chi connectivity index (χ1v) is 5.65. The van der Waals surface area contributed by atoms with Gasteiger partial charge in [-0.3, -0.25) is 0 Å². The second-order valence-electron chi connectivity index (χ2n) is 3.70. The molecule has 0 saturated carbocycles. The Morgan fingerprint density at radius 1 is 1.06 bits per heavy atom. The summed E-state index contributed by atoms with van der Waals surface area (Å²) in [6.07, 6.45) is 3.06. The Morgan fingerprint density at radius 3 is 2.67 bits per heavy atom. The lowest BCUT2D eigenvalue weighted by atomic mass is 10.1. The molecule has 88 valence electrons. The molecule has 2 aromatic heterocycles. The Bertz CT molecular complexity index is 730. The van der Waals surface area contributed by atoms with Crippen LogP contribution in [0.1, 0.15) is 0 Å².